The van der Waals surface area contributed by atoms with Gasteiger partial charge in [-0.2, -0.15) is 11.8 Å². The van der Waals surface area contributed by atoms with Crippen LogP contribution in [0.2, 0.25) is 0 Å². The van der Waals surface area contributed by atoms with Crippen LogP contribution in [0.4, 0.5) is 0 Å². The second-order valence-corrected chi connectivity index (χ2v) is 6.74. The first kappa shape index (κ1) is 17.3. The maximum Gasteiger partial charge on any atom is 0.128 e. The number of methoxy groups -OCH3 is 1. The van der Waals surface area contributed by atoms with E-state index in [0.29, 0.717) is 6.04 Å². The Kier molecular flexibility index (Phi) is 7.38. The molecule has 20 heavy (non-hydrogen) atoms. The Labute approximate surface area is 127 Å². The van der Waals surface area contributed by atoms with Crippen molar-refractivity contribution in [2.24, 2.45) is 5.92 Å². The summed E-state index contributed by atoms with van der Waals surface area (Å²) in [6, 6.07) is 0.456. The van der Waals surface area contributed by atoms with Gasteiger partial charge < -0.3 is 10.1 Å². The van der Waals surface area contributed by atoms with Crippen molar-refractivity contribution < 1.29 is 4.74 Å². The van der Waals surface area contributed by atoms with Crippen LogP contribution < -0.4 is 10.1 Å². The molecule has 0 saturated carbocycles. The molecule has 3 nitrogen and oxygen atoms in total. The van der Waals surface area contributed by atoms with Gasteiger partial charge in [-0.15, -0.1) is 0 Å². The Morgan fingerprint density at radius 2 is 2.00 bits per heavy atom. The van der Waals surface area contributed by atoms with Crippen molar-refractivity contribution in [2.75, 3.05) is 25.7 Å². The summed E-state index contributed by atoms with van der Waals surface area (Å²) in [5.74, 6) is 4.05. The van der Waals surface area contributed by atoms with Crippen LogP contribution in [0.1, 0.15) is 30.7 Å². The molecule has 1 N–H and O–H groups in total. The number of hydrogen-bond donors (Lipinski definition) is 1. The number of hydrogen-bond acceptors (Lipinski definition) is 4. The first-order chi connectivity index (χ1) is 9.49. The van der Waals surface area contributed by atoms with Crippen molar-refractivity contribution in [3.63, 3.8) is 0 Å². The quantitative estimate of drug-likeness (QED) is 0.798. The average Bonchev–Trinajstić information content (AvgIpc) is 2.40. The minimum Gasteiger partial charge on any atom is -0.496 e. The monoisotopic (exact) mass is 296 g/mol. The fourth-order valence-electron chi connectivity index (χ4n) is 2.20. The molecule has 1 aromatic heterocycles. The van der Waals surface area contributed by atoms with E-state index < -0.39 is 0 Å². The summed E-state index contributed by atoms with van der Waals surface area (Å²) >= 11 is 2.01. The Morgan fingerprint density at radius 3 is 2.55 bits per heavy atom. The van der Waals surface area contributed by atoms with Crippen molar-refractivity contribution in [1.82, 2.24) is 10.3 Å². The highest BCUT2D eigenvalue weighted by Crippen LogP contribution is 2.25. The van der Waals surface area contributed by atoms with Gasteiger partial charge in [0.2, 0.25) is 0 Å². The molecule has 1 atom stereocenters. The van der Waals surface area contributed by atoms with E-state index in [9.17, 15) is 0 Å². The Bertz CT molecular complexity index is 421. The summed E-state index contributed by atoms with van der Waals surface area (Å²) in [6.45, 7) is 8.66. The molecule has 0 bridgehead atoms. The van der Waals surface area contributed by atoms with Gasteiger partial charge in [0.1, 0.15) is 5.75 Å². The number of nitrogens with one attached hydrogen (secondary N) is 1. The highest BCUT2D eigenvalue weighted by molar-refractivity contribution is 7.99. The number of likely N-dealkylation sites (N-methyl/N-ethyl adjacent to an activating group) is 1. The molecule has 0 aromatic carbocycles. The Hall–Kier alpha value is -0.740. The summed E-state index contributed by atoms with van der Waals surface area (Å²) < 4.78 is 5.48. The van der Waals surface area contributed by atoms with Crippen LogP contribution >= 0.6 is 11.8 Å². The summed E-state index contributed by atoms with van der Waals surface area (Å²) in [4.78, 5) is 4.59. The van der Waals surface area contributed by atoms with E-state index in [4.69, 9.17) is 4.74 Å². The highest BCUT2D eigenvalue weighted by atomic mass is 32.2. The largest absolute Gasteiger partial charge is 0.496 e. The molecule has 0 aliphatic carbocycles. The maximum atomic E-state index is 5.48. The normalized spacial score (nSPS) is 12.8. The van der Waals surface area contributed by atoms with Gasteiger partial charge in [-0.05, 0) is 32.6 Å². The minimum atomic E-state index is 0.456. The van der Waals surface area contributed by atoms with Crippen LogP contribution in [0.25, 0.3) is 0 Å². The van der Waals surface area contributed by atoms with E-state index in [1.165, 1.54) is 11.3 Å². The van der Waals surface area contributed by atoms with Gasteiger partial charge in [0.25, 0.3) is 0 Å². The molecule has 1 heterocycles. The van der Waals surface area contributed by atoms with Crippen molar-refractivity contribution in [3.05, 3.63) is 23.0 Å². The zero-order chi connectivity index (χ0) is 15.1. The summed E-state index contributed by atoms with van der Waals surface area (Å²) in [5, 5.41) is 3.40. The van der Waals surface area contributed by atoms with Gasteiger partial charge in [0.15, 0.2) is 0 Å². The van der Waals surface area contributed by atoms with Crippen LogP contribution in [-0.4, -0.2) is 36.7 Å². The molecular formula is C16H28N2OS. The number of thioether (sulfide) groups is 1. The Balaban J connectivity index is 2.70. The van der Waals surface area contributed by atoms with E-state index >= 15 is 0 Å². The fraction of sp³-hybridized carbons (Fsp3) is 0.688. The molecule has 4 heteroatoms. The van der Waals surface area contributed by atoms with E-state index in [1.807, 2.05) is 31.9 Å². The lowest BCUT2D eigenvalue weighted by atomic mass is 10.1. The van der Waals surface area contributed by atoms with Gasteiger partial charge in [-0.25, -0.2) is 0 Å². The van der Waals surface area contributed by atoms with Gasteiger partial charge in [-0.3, -0.25) is 4.98 Å². The SMILES string of the molecule is CNC(CSCC(C)C)Cc1ncc(C)c(OC)c1C. The summed E-state index contributed by atoms with van der Waals surface area (Å²) in [6.07, 6.45) is 2.86. The number of aryl methyl sites for hydroxylation is 1. The maximum absolute atomic E-state index is 5.48. The molecule has 1 unspecified atom stereocenters. The predicted octanol–water partition coefficient (Wildman–Crippen LogP) is 3.23. The van der Waals surface area contributed by atoms with Gasteiger partial charge >= 0.3 is 0 Å². The number of aromatic nitrogens is 1. The summed E-state index contributed by atoms with van der Waals surface area (Å²) in [5.41, 5.74) is 3.41. The molecule has 0 aliphatic rings. The Morgan fingerprint density at radius 1 is 1.30 bits per heavy atom. The molecule has 0 amide bonds. The molecule has 1 aromatic rings. The molecule has 0 fully saturated rings. The average molecular weight is 296 g/mol. The third kappa shape index (κ3) is 4.98. The standard InChI is InChI=1S/C16H28N2OS/c1-11(2)9-20-10-14(17-5)7-15-13(4)16(19-6)12(3)8-18-15/h8,11,14,17H,7,9-10H2,1-6H3. The second-order valence-electron chi connectivity index (χ2n) is 5.67. The van der Waals surface area contributed by atoms with Crippen LogP contribution in [-0.2, 0) is 6.42 Å². The van der Waals surface area contributed by atoms with Crippen molar-refractivity contribution in [1.29, 1.82) is 0 Å². The number of nitrogens with zero attached hydrogens (tertiary/aromatic N) is 1. The van der Waals surface area contributed by atoms with E-state index in [2.05, 4.69) is 31.1 Å². The predicted molar refractivity (Wildman–Crippen MR) is 89.0 cm³/mol. The lowest BCUT2D eigenvalue weighted by Gasteiger charge is -2.18. The molecule has 0 saturated heterocycles. The van der Waals surface area contributed by atoms with Crippen LogP contribution in [0.15, 0.2) is 6.20 Å². The lowest BCUT2D eigenvalue weighted by Crippen LogP contribution is -2.31. The number of pyridine rings is 1. The number of ether oxygens (including phenoxy) is 1. The zero-order valence-corrected chi connectivity index (χ0v) is 14.4. The van der Waals surface area contributed by atoms with Crippen molar-refractivity contribution in [3.8, 4) is 5.75 Å². The van der Waals surface area contributed by atoms with Gasteiger partial charge in [0, 0.05) is 41.2 Å². The second kappa shape index (κ2) is 8.53. The van der Waals surface area contributed by atoms with Crippen LogP contribution in [0, 0.1) is 19.8 Å². The van der Waals surface area contributed by atoms with E-state index in [-0.39, 0.29) is 0 Å². The molecule has 0 spiro atoms. The van der Waals surface area contributed by atoms with Crippen molar-refractivity contribution in [2.45, 2.75) is 40.2 Å². The summed E-state index contributed by atoms with van der Waals surface area (Å²) in [7, 11) is 3.76. The van der Waals surface area contributed by atoms with Crippen LogP contribution in [0.3, 0.4) is 0 Å². The first-order valence-electron chi connectivity index (χ1n) is 7.23. The topological polar surface area (TPSA) is 34.2 Å². The third-order valence-corrected chi connectivity index (χ3v) is 4.91. The van der Waals surface area contributed by atoms with Gasteiger partial charge in [-0.1, -0.05) is 13.8 Å². The fourth-order valence-corrected chi connectivity index (χ4v) is 3.38. The minimum absolute atomic E-state index is 0.456. The van der Waals surface area contributed by atoms with E-state index in [1.54, 1.807) is 7.11 Å². The van der Waals surface area contributed by atoms with E-state index in [0.717, 1.165) is 35.1 Å². The number of rotatable bonds is 8. The van der Waals surface area contributed by atoms with Gasteiger partial charge in [0.05, 0.1) is 7.11 Å². The smallest absolute Gasteiger partial charge is 0.128 e. The molecule has 1 rings (SSSR count). The molecule has 0 aliphatic heterocycles. The third-order valence-electron chi connectivity index (χ3n) is 3.37. The lowest BCUT2D eigenvalue weighted by molar-refractivity contribution is 0.406. The van der Waals surface area contributed by atoms with Crippen molar-refractivity contribution >= 4 is 11.8 Å². The molecule has 0 radical (unpaired) electrons. The molecular weight excluding hydrogens is 268 g/mol. The first-order valence-corrected chi connectivity index (χ1v) is 8.39. The molecule has 114 valence electrons. The van der Waals surface area contributed by atoms with Crippen LogP contribution in [0.5, 0.6) is 5.75 Å². The zero-order valence-electron chi connectivity index (χ0n) is 13.6. The highest BCUT2D eigenvalue weighted by Gasteiger charge is 2.14.